The fourth-order valence-corrected chi connectivity index (χ4v) is 4.75. The van der Waals surface area contributed by atoms with Crippen LogP contribution in [0.3, 0.4) is 0 Å². The monoisotopic (exact) mass is 472 g/mol. The molecule has 2 N–H and O–H groups in total. The Bertz CT molecular complexity index is 1280. The van der Waals surface area contributed by atoms with Gasteiger partial charge in [0.15, 0.2) is 5.13 Å². The maximum atomic E-state index is 12.6. The Hall–Kier alpha value is -3.98. The minimum absolute atomic E-state index is 0.105. The molecule has 0 unspecified atom stereocenters. The van der Waals surface area contributed by atoms with Crippen LogP contribution in [0.25, 0.3) is 11.1 Å². The van der Waals surface area contributed by atoms with Crippen molar-refractivity contribution in [3.63, 3.8) is 0 Å². The van der Waals surface area contributed by atoms with Gasteiger partial charge in [0.05, 0.1) is 18.7 Å². The van der Waals surface area contributed by atoms with Crippen LogP contribution in [0.2, 0.25) is 0 Å². The van der Waals surface area contributed by atoms with Crippen LogP contribution >= 0.6 is 11.3 Å². The molecule has 4 aromatic rings. The molecular formula is C25H24N6O2S. The molecule has 2 aromatic heterocycles. The predicted molar refractivity (Wildman–Crippen MR) is 132 cm³/mol. The van der Waals surface area contributed by atoms with Gasteiger partial charge >= 0.3 is 6.03 Å². The fraction of sp³-hybridized carbons (Fsp3) is 0.200. The van der Waals surface area contributed by atoms with E-state index in [1.54, 1.807) is 11.1 Å². The van der Waals surface area contributed by atoms with Gasteiger partial charge in [-0.3, -0.25) is 14.4 Å². The summed E-state index contributed by atoms with van der Waals surface area (Å²) in [6.45, 7) is 2.36. The van der Waals surface area contributed by atoms with Crippen molar-refractivity contribution < 1.29 is 9.59 Å². The lowest BCUT2D eigenvalue weighted by Gasteiger charge is -2.12. The highest BCUT2D eigenvalue weighted by Crippen LogP contribution is 2.25. The van der Waals surface area contributed by atoms with Gasteiger partial charge in [0.1, 0.15) is 0 Å². The number of anilines is 1. The van der Waals surface area contributed by atoms with Gasteiger partial charge in [-0.1, -0.05) is 48.5 Å². The third-order valence-corrected chi connectivity index (χ3v) is 6.54. The number of carbonyl (C=O) groups excluding carboxylic acids is 2. The van der Waals surface area contributed by atoms with Gasteiger partial charge in [0.25, 0.3) is 0 Å². The van der Waals surface area contributed by atoms with E-state index in [9.17, 15) is 9.59 Å². The summed E-state index contributed by atoms with van der Waals surface area (Å²) in [5, 5.41) is 12.5. The molecule has 0 radical (unpaired) electrons. The van der Waals surface area contributed by atoms with E-state index in [1.807, 2.05) is 40.5 Å². The summed E-state index contributed by atoms with van der Waals surface area (Å²) < 4.78 is 1.89. The summed E-state index contributed by atoms with van der Waals surface area (Å²) in [6.07, 6.45) is 3.90. The molecule has 1 aliphatic rings. The van der Waals surface area contributed by atoms with E-state index in [1.165, 1.54) is 16.9 Å². The first-order valence-electron chi connectivity index (χ1n) is 11.1. The summed E-state index contributed by atoms with van der Waals surface area (Å²) in [5.74, 6) is -0.105. The zero-order valence-electron chi connectivity index (χ0n) is 18.5. The first kappa shape index (κ1) is 21.8. The van der Waals surface area contributed by atoms with E-state index in [-0.39, 0.29) is 18.4 Å². The van der Waals surface area contributed by atoms with Crippen LogP contribution in [-0.4, -0.2) is 39.8 Å². The summed E-state index contributed by atoms with van der Waals surface area (Å²) in [5.41, 5.74) is 5.07. The summed E-state index contributed by atoms with van der Waals surface area (Å²) in [4.78, 5) is 30.4. The van der Waals surface area contributed by atoms with Gasteiger partial charge in [0.2, 0.25) is 5.91 Å². The van der Waals surface area contributed by atoms with Gasteiger partial charge < -0.3 is 10.6 Å². The molecule has 0 spiro atoms. The average Bonchev–Trinajstić information content (AvgIpc) is 3.61. The Morgan fingerprint density at radius 1 is 1.12 bits per heavy atom. The molecular weight excluding hydrogens is 448 g/mol. The predicted octanol–water partition coefficient (Wildman–Crippen LogP) is 3.44. The fourth-order valence-electron chi connectivity index (χ4n) is 3.90. The Labute approximate surface area is 201 Å². The molecule has 1 saturated heterocycles. The molecule has 1 aliphatic heterocycles. The van der Waals surface area contributed by atoms with Crippen LogP contribution in [0.15, 0.2) is 72.4 Å². The SMILES string of the molecule is O=C(Cc1csc(N2CCNC2=O)n1)NCc1ccccc1-c1ccc(Cn2cccn2)cc1. The lowest BCUT2D eigenvalue weighted by Crippen LogP contribution is -2.28. The molecule has 5 rings (SSSR count). The normalized spacial score (nSPS) is 13.2. The first-order valence-corrected chi connectivity index (χ1v) is 11.9. The van der Waals surface area contributed by atoms with E-state index >= 15 is 0 Å². The number of hydrogen-bond donors (Lipinski definition) is 2. The number of thiazole rings is 1. The molecule has 3 amide bonds. The Balaban J connectivity index is 1.21. The van der Waals surface area contributed by atoms with Gasteiger partial charge in [-0.05, 0) is 28.3 Å². The molecule has 0 aliphatic carbocycles. The van der Waals surface area contributed by atoms with Crippen LogP contribution < -0.4 is 15.5 Å². The van der Waals surface area contributed by atoms with E-state index in [0.717, 1.165) is 23.2 Å². The second kappa shape index (κ2) is 9.88. The lowest BCUT2D eigenvalue weighted by molar-refractivity contribution is -0.120. The first-order chi connectivity index (χ1) is 16.7. The molecule has 3 heterocycles. The molecule has 2 aromatic carbocycles. The number of carbonyl (C=O) groups is 2. The molecule has 172 valence electrons. The Morgan fingerprint density at radius 2 is 1.97 bits per heavy atom. The van der Waals surface area contributed by atoms with Gasteiger partial charge in [-0.15, -0.1) is 11.3 Å². The maximum Gasteiger partial charge on any atom is 0.323 e. The van der Waals surface area contributed by atoms with Crippen molar-refractivity contribution in [2.75, 3.05) is 18.0 Å². The van der Waals surface area contributed by atoms with Crippen molar-refractivity contribution in [3.8, 4) is 11.1 Å². The number of urea groups is 1. The number of rotatable bonds is 8. The third-order valence-electron chi connectivity index (χ3n) is 5.63. The smallest absolute Gasteiger partial charge is 0.323 e. The molecule has 8 nitrogen and oxygen atoms in total. The third kappa shape index (κ3) is 4.99. The highest BCUT2D eigenvalue weighted by Gasteiger charge is 2.24. The largest absolute Gasteiger partial charge is 0.352 e. The van der Waals surface area contributed by atoms with E-state index in [4.69, 9.17) is 0 Å². The number of nitrogens with one attached hydrogen (secondary N) is 2. The van der Waals surface area contributed by atoms with Crippen molar-refractivity contribution in [2.24, 2.45) is 0 Å². The van der Waals surface area contributed by atoms with E-state index < -0.39 is 0 Å². The zero-order chi connectivity index (χ0) is 23.3. The van der Waals surface area contributed by atoms with Crippen molar-refractivity contribution in [1.82, 2.24) is 25.4 Å². The van der Waals surface area contributed by atoms with Crippen LogP contribution in [0, 0.1) is 0 Å². The minimum atomic E-state index is -0.142. The second-order valence-corrected chi connectivity index (χ2v) is 8.85. The summed E-state index contributed by atoms with van der Waals surface area (Å²) >= 11 is 1.38. The lowest BCUT2D eigenvalue weighted by atomic mass is 9.98. The molecule has 1 fully saturated rings. The zero-order valence-corrected chi connectivity index (χ0v) is 19.3. The number of hydrogen-bond acceptors (Lipinski definition) is 5. The number of benzene rings is 2. The quantitative estimate of drug-likeness (QED) is 0.411. The van der Waals surface area contributed by atoms with Crippen molar-refractivity contribution >= 4 is 28.4 Å². The van der Waals surface area contributed by atoms with E-state index in [2.05, 4.69) is 51.0 Å². The Morgan fingerprint density at radius 3 is 2.74 bits per heavy atom. The van der Waals surface area contributed by atoms with Gasteiger partial charge in [-0.25, -0.2) is 9.78 Å². The minimum Gasteiger partial charge on any atom is -0.352 e. The van der Waals surface area contributed by atoms with Gasteiger partial charge in [-0.2, -0.15) is 5.10 Å². The molecule has 9 heteroatoms. The molecule has 0 atom stereocenters. The molecule has 0 saturated carbocycles. The van der Waals surface area contributed by atoms with Crippen molar-refractivity contribution in [2.45, 2.75) is 19.5 Å². The second-order valence-electron chi connectivity index (χ2n) is 8.02. The summed E-state index contributed by atoms with van der Waals surface area (Å²) in [6, 6.07) is 18.3. The Kier molecular flexibility index (Phi) is 6.35. The standard InChI is InChI=1S/C25H24N6O2S/c32-23(14-21-17-34-25(29-21)31-13-11-26-24(31)33)27-15-20-4-1-2-5-22(20)19-8-6-18(7-9-19)16-30-12-3-10-28-30/h1-10,12,17H,11,13-16H2,(H,26,33)(H,27,32). The highest BCUT2D eigenvalue weighted by molar-refractivity contribution is 7.14. The summed E-state index contributed by atoms with van der Waals surface area (Å²) in [7, 11) is 0. The van der Waals surface area contributed by atoms with Crippen LogP contribution in [0.5, 0.6) is 0 Å². The number of nitrogens with zero attached hydrogens (tertiary/aromatic N) is 4. The average molecular weight is 473 g/mol. The number of amides is 3. The molecule has 0 bridgehead atoms. The maximum absolute atomic E-state index is 12.6. The van der Waals surface area contributed by atoms with Crippen LogP contribution in [-0.2, 0) is 24.3 Å². The molecule has 34 heavy (non-hydrogen) atoms. The van der Waals surface area contributed by atoms with Crippen LogP contribution in [0.1, 0.15) is 16.8 Å². The van der Waals surface area contributed by atoms with E-state index in [0.29, 0.717) is 30.5 Å². The van der Waals surface area contributed by atoms with Crippen molar-refractivity contribution in [1.29, 1.82) is 0 Å². The van der Waals surface area contributed by atoms with Gasteiger partial charge in [0, 0.05) is 37.4 Å². The van der Waals surface area contributed by atoms with Crippen LogP contribution in [0.4, 0.5) is 9.93 Å². The highest BCUT2D eigenvalue weighted by atomic mass is 32.1. The topological polar surface area (TPSA) is 92.1 Å². The number of aromatic nitrogens is 3. The van der Waals surface area contributed by atoms with Crippen molar-refractivity contribution in [3.05, 3.63) is 89.2 Å².